The van der Waals surface area contributed by atoms with Crippen molar-refractivity contribution in [1.29, 1.82) is 0 Å². The molecule has 1 aliphatic rings. The van der Waals surface area contributed by atoms with Gasteiger partial charge in [-0.1, -0.05) is 6.92 Å². The molecule has 0 spiro atoms. The summed E-state index contributed by atoms with van der Waals surface area (Å²) in [5.74, 6) is -1.84. The Bertz CT molecular complexity index is 464. The van der Waals surface area contributed by atoms with Gasteiger partial charge in [0.05, 0.1) is 11.7 Å². The number of aliphatic hydroxyl groups is 1. The number of carbonyl (C=O) groups is 1. The van der Waals surface area contributed by atoms with Crippen LogP contribution in [-0.4, -0.2) is 35.1 Å². The Morgan fingerprint density at radius 3 is 2.83 bits per heavy atom. The van der Waals surface area contributed by atoms with Gasteiger partial charge in [0.25, 0.3) is 5.91 Å². The van der Waals surface area contributed by atoms with Gasteiger partial charge in [-0.2, -0.15) is 0 Å². The third-order valence-electron chi connectivity index (χ3n) is 3.36. The van der Waals surface area contributed by atoms with E-state index in [0.29, 0.717) is 13.0 Å². The summed E-state index contributed by atoms with van der Waals surface area (Å²) in [7, 11) is 0. The highest BCUT2D eigenvalue weighted by atomic mass is 19.1. The van der Waals surface area contributed by atoms with Crippen LogP contribution in [0.2, 0.25) is 0 Å². The van der Waals surface area contributed by atoms with Crippen molar-refractivity contribution in [2.75, 3.05) is 13.1 Å². The Morgan fingerprint density at radius 1 is 1.44 bits per heavy atom. The van der Waals surface area contributed by atoms with E-state index in [1.54, 1.807) is 0 Å². The second-order valence-electron chi connectivity index (χ2n) is 4.71. The fourth-order valence-corrected chi connectivity index (χ4v) is 2.07. The zero-order chi connectivity index (χ0) is 13.3. The number of nitrogens with zero attached hydrogens (tertiary/aromatic N) is 1. The zero-order valence-corrected chi connectivity index (χ0v) is 10.1. The van der Waals surface area contributed by atoms with E-state index in [0.717, 1.165) is 18.2 Å². The van der Waals surface area contributed by atoms with Crippen molar-refractivity contribution in [3.63, 3.8) is 0 Å². The summed E-state index contributed by atoms with van der Waals surface area (Å²) in [6, 6.07) is 2.80. The van der Waals surface area contributed by atoms with Gasteiger partial charge in [-0.05, 0) is 30.5 Å². The smallest absolute Gasteiger partial charge is 0.257 e. The summed E-state index contributed by atoms with van der Waals surface area (Å²) in [5.41, 5.74) is -0.281. The quantitative estimate of drug-likeness (QED) is 0.831. The van der Waals surface area contributed by atoms with Gasteiger partial charge in [0.2, 0.25) is 0 Å². The molecule has 0 saturated carbocycles. The molecule has 1 fully saturated rings. The first kappa shape index (κ1) is 13.0. The molecule has 5 heteroatoms. The molecule has 2 atom stereocenters. The maximum Gasteiger partial charge on any atom is 0.257 e. The molecule has 18 heavy (non-hydrogen) atoms. The van der Waals surface area contributed by atoms with E-state index in [1.165, 1.54) is 4.90 Å². The van der Waals surface area contributed by atoms with E-state index >= 15 is 0 Å². The summed E-state index contributed by atoms with van der Waals surface area (Å²) < 4.78 is 26.5. The molecule has 0 aromatic heterocycles. The molecular weight excluding hydrogens is 240 g/mol. The second kappa shape index (κ2) is 5.02. The largest absolute Gasteiger partial charge is 0.391 e. The minimum absolute atomic E-state index is 0.117. The van der Waals surface area contributed by atoms with E-state index in [-0.39, 0.29) is 18.0 Å². The molecule has 1 amide bonds. The fraction of sp³-hybridized carbons (Fsp3) is 0.462. The van der Waals surface area contributed by atoms with Gasteiger partial charge in [0, 0.05) is 13.1 Å². The third-order valence-corrected chi connectivity index (χ3v) is 3.36. The van der Waals surface area contributed by atoms with Gasteiger partial charge in [0.15, 0.2) is 0 Å². The lowest BCUT2D eigenvalue weighted by atomic mass is 9.95. The Morgan fingerprint density at radius 2 is 2.17 bits per heavy atom. The van der Waals surface area contributed by atoms with Crippen LogP contribution in [0, 0.1) is 17.6 Å². The lowest BCUT2D eigenvalue weighted by molar-refractivity contribution is 0.0245. The zero-order valence-electron chi connectivity index (χ0n) is 10.1. The Balaban J connectivity index is 2.19. The standard InChI is InChI=1S/C13H15F2NO2/c1-8-4-5-16(7-12(8)17)13(18)10-6-9(14)2-3-11(10)15/h2-3,6,8,12,17H,4-5,7H2,1H3. The van der Waals surface area contributed by atoms with Crippen LogP contribution in [0.3, 0.4) is 0 Å². The van der Waals surface area contributed by atoms with Crippen molar-refractivity contribution in [3.05, 3.63) is 35.4 Å². The number of hydrogen-bond donors (Lipinski definition) is 1. The lowest BCUT2D eigenvalue weighted by Crippen LogP contribution is -2.46. The van der Waals surface area contributed by atoms with Crippen molar-refractivity contribution in [2.45, 2.75) is 19.4 Å². The third kappa shape index (κ3) is 2.51. The summed E-state index contributed by atoms with van der Waals surface area (Å²) >= 11 is 0. The van der Waals surface area contributed by atoms with Crippen molar-refractivity contribution >= 4 is 5.91 Å². The van der Waals surface area contributed by atoms with Gasteiger partial charge < -0.3 is 10.0 Å². The van der Waals surface area contributed by atoms with Crippen LogP contribution >= 0.6 is 0 Å². The fourth-order valence-electron chi connectivity index (χ4n) is 2.07. The number of β-amino-alcohol motifs (C(OH)–C–C–N with tert-alkyl or cyclic N) is 1. The number of likely N-dealkylation sites (tertiary alicyclic amines) is 1. The average molecular weight is 255 g/mol. The summed E-state index contributed by atoms with van der Waals surface area (Å²) in [6.45, 7) is 2.51. The normalized spacial score (nSPS) is 24.1. The SMILES string of the molecule is CC1CCN(C(=O)c2cc(F)ccc2F)CC1O. The van der Waals surface area contributed by atoms with Crippen LogP contribution in [0.25, 0.3) is 0 Å². The minimum atomic E-state index is -0.741. The number of rotatable bonds is 1. The van der Waals surface area contributed by atoms with Crippen LogP contribution in [0.15, 0.2) is 18.2 Å². The summed E-state index contributed by atoms with van der Waals surface area (Å²) in [6.07, 6.45) is 0.0448. The Hall–Kier alpha value is -1.49. The molecule has 0 bridgehead atoms. The number of piperidine rings is 1. The molecule has 3 nitrogen and oxygen atoms in total. The van der Waals surface area contributed by atoms with Crippen LogP contribution in [0.4, 0.5) is 8.78 Å². The van der Waals surface area contributed by atoms with Crippen LogP contribution in [-0.2, 0) is 0 Å². The molecule has 0 aliphatic carbocycles. The molecule has 1 saturated heterocycles. The average Bonchev–Trinajstić information content (AvgIpc) is 2.35. The molecule has 2 unspecified atom stereocenters. The highest BCUT2D eigenvalue weighted by Crippen LogP contribution is 2.20. The molecule has 1 aliphatic heterocycles. The van der Waals surface area contributed by atoms with Gasteiger partial charge >= 0.3 is 0 Å². The first-order chi connectivity index (χ1) is 8.49. The molecule has 98 valence electrons. The van der Waals surface area contributed by atoms with Crippen molar-refractivity contribution < 1.29 is 18.7 Å². The Kier molecular flexibility index (Phi) is 3.61. The van der Waals surface area contributed by atoms with Crippen molar-refractivity contribution in [2.24, 2.45) is 5.92 Å². The van der Waals surface area contributed by atoms with Crippen molar-refractivity contribution in [1.82, 2.24) is 4.90 Å². The summed E-state index contributed by atoms with van der Waals surface area (Å²) in [5, 5.41) is 9.71. The first-order valence-corrected chi connectivity index (χ1v) is 5.91. The molecular formula is C13H15F2NO2. The van der Waals surface area contributed by atoms with Gasteiger partial charge in [-0.3, -0.25) is 4.79 Å². The first-order valence-electron chi connectivity index (χ1n) is 5.91. The van der Waals surface area contributed by atoms with E-state index in [9.17, 15) is 18.7 Å². The minimum Gasteiger partial charge on any atom is -0.391 e. The topological polar surface area (TPSA) is 40.5 Å². The number of hydrogen-bond acceptors (Lipinski definition) is 2. The van der Waals surface area contributed by atoms with Gasteiger partial charge in [-0.25, -0.2) is 8.78 Å². The molecule has 1 N–H and O–H groups in total. The highest BCUT2D eigenvalue weighted by molar-refractivity contribution is 5.94. The number of halogens is 2. The second-order valence-corrected chi connectivity index (χ2v) is 4.71. The molecule has 1 aromatic rings. The number of aliphatic hydroxyl groups excluding tert-OH is 1. The number of carbonyl (C=O) groups excluding carboxylic acids is 1. The highest BCUT2D eigenvalue weighted by Gasteiger charge is 2.29. The Labute approximate surface area is 104 Å². The number of benzene rings is 1. The van der Waals surface area contributed by atoms with Gasteiger partial charge in [0.1, 0.15) is 11.6 Å². The lowest BCUT2D eigenvalue weighted by Gasteiger charge is -2.34. The maximum atomic E-state index is 13.5. The molecule has 0 radical (unpaired) electrons. The van der Waals surface area contributed by atoms with E-state index in [2.05, 4.69) is 0 Å². The van der Waals surface area contributed by atoms with Crippen molar-refractivity contribution in [3.8, 4) is 0 Å². The van der Waals surface area contributed by atoms with E-state index in [1.807, 2.05) is 6.92 Å². The van der Waals surface area contributed by atoms with Crippen LogP contribution in [0.1, 0.15) is 23.7 Å². The van der Waals surface area contributed by atoms with Crippen LogP contribution < -0.4 is 0 Å². The summed E-state index contributed by atoms with van der Waals surface area (Å²) in [4.78, 5) is 13.4. The monoisotopic (exact) mass is 255 g/mol. The molecule has 1 aromatic carbocycles. The molecule has 1 heterocycles. The predicted molar refractivity (Wildman–Crippen MR) is 62.0 cm³/mol. The number of amides is 1. The van der Waals surface area contributed by atoms with Crippen LogP contribution in [0.5, 0.6) is 0 Å². The van der Waals surface area contributed by atoms with Gasteiger partial charge in [-0.15, -0.1) is 0 Å². The predicted octanol–water partition coefficient (Wildman–Crippen LogP) is 1.81. The van der Waals surface area contributed by atoms with E-state index in [4.69, 9.17) is 0 Å². The van der Waals surface area contributed by atoms with E-state index < -0.39 is 23.6 Å². The molecule has 2 rings (SSSR count). The maximum absolute atomic E-state index is 13.5.